The lowest BCUT2D eigenvalue weighted by Gasteiger charge is -2.34. The molecule has 2 aromatic rings. The van der Waals surface area contributed by atoms with Gasteiger partial charge in [-0.2, -0.15) is 0 Å². The quantitative estimate of drug-likeness (QED) is 0.465. The van der Waals surface area contributed by atoms with E-state index in [2.05, 4.69) is 44.7 Å². The van der Waals surface area contributed by atoms with E-state index in [0.717, 1.165) is 50.4 Å². The Kier molecular flexibility index (Phi) is 11.2. The summed E-state index contributed by atoms with van der Waals surface area (Å²) in [5.41, 5.74) is 3.31. The Morgan fingerprint density at radius 3 is 2.22 bits per heavy atom. The number of nitrogens with one attached hydrogen (secondary N) is 2. The number of carbonyl (C=O) groups is 2. The summed E-state index contributed by atoms with van der Waals surface area (Å²) in [6.45, 7) is 8.52. The summed E-state index contributed by atoms with van der Waals surface area (Å²) in [6.07, 6.45) is -0.695. The van der Waals surface area contributed by atoms with Crippen LogP contribution >= 0.6 is 0 Å². The third-order valence-electron chi connectivity index (χ3n) is 5.35. The van der Waals surface area contributed by atoms with E-state index in [4.69, 9.17) is 9.90 Å². The molecule has 1 heterocycles. The molecule has 3 rings (SSSR count). The van der Waals surface area contributed by atoms with Gasteiger partial charge in [0.1, 0.15) is 0 Å². The van der Waals surface area contributed by atoms with Crippen LogP contribution in [0.25, 0.3) is 0 Å². The second-order valence-electron chi connectivity index (χ2n) is 7.77. The molecule has 32 heavy (non-hydrogen) atoms. The van der Waals surface area contributed by atoms with E-state index in [-0.39, 0.29) is 19.0 Å². The van der Waals surface area contributed by atoms with Gasteiger partial charge in [-0.25, -0.2) is 4.79 Å². The zero-order valence-electron chi connectivity index (χ0n) is 18.6. The zero-order valence-corrected chi connectivity index (χ0v) is 18.6. The monoisotopic (exact) mass is 442 g/mol. The maximum absolute atomic E-state index is 12.0. The molecular formula is C24H34N4O4. The SMILES string of the molecule is Cc1ccc(C(O)CNC(=O)NCCN2CCN(Cc3ccccc3)CC2)cc1.O=CO. The number of piperazine rings is 1. The Labute approximate surface area is 189 Å². The van der Waals surface area contributed by atoms with Gasteiger partial charge in [0.05, 0.1) is 6.10 Å². The minimum atomic E-state index is -0.695. The summed E-state index contributed by atoms with van der Waals surface area (Å²) in [6, 6.07) is 18.0. The standard InChI is InChI=1S/C23H32N4O2.CH2O2/c1-19-7-9-21(10-8-19)22(28)17-25-23(29)24-11-12-26-13-15-27(16-14-26)18-20-5-3-2-4-6-20;2-1-3/h2-10,22,28H,11-18H2,1H3,(H2,24,25,29);1H,(H,2,3). The molecule has 0 aromatic heterocycles. The molecule has 1 aliphatic rings. The van der Waals surface area contributed by atoms with Crippen LogP contribution in [-0.2, 0) is 11.3 Å². The molecule has 1 fully saturated rings. The smallest absolute Gasteiger partial charge is 0.314 e. The van der Waals surface area contributed by atoms with Crippen molar-refractivity contribution in [1.29, 1.82) is 0 Å². The normalized spacial score (nSPS) is 15.2. The van der Waals surface area contributed by atoms with Crippen LogP contribution in [0.1, 0.15) is 22.8 Å². The van der Waals surface area contributed by atoms with Crippen molar-refractivity contribution in [2.24, 2.45) is 0 Å². The number of hydrogen-bond donors (Lipinski definition) is 4. The number of rotatable bonds is 8. The van der Waals surface area contributed by atoms with Gasteiger partial charge in [0, 0.05) is 52.4 Å². The molecule has 0 bridgehead atoms. The van der Waals surface area contributed by atoms with Gasteiger partial charge in [0.15, 0.2) is 0 Å². The Morgan fingerprint density at radius 1 is 1.00 bits per heavy atom. The van der Waals surface area contributed by atoms with Crippen molar-refractivity contribution in [3.8, 4) is 0 Å². The van der Waals surface area contributed by atoms with Crippen LogP contribution in [-0.4, -0.2) is 78.3 Å². The number of urea groups is 1. The highest BCUT2D eigenvalue weighted by atomic mass is 16.3. The van der Waals surface area contributed by atoms with Crippen molar-refractivity contribution in [2.45, 2.75) is 19.6 Å². The lowest BCUT2D eigenvalue weighted by atomic mass is 10.1. The number of nitrogens with zero attached hydrogens (tertiary/aromatic N) is 2. The molecule has 0 spiro atoms. The van der Waals surface area contributed by atoms with Crippen LogP contribution in [0.2, 0.25) is 0 Å². The summed E-state index contributed by atoms with van der Waals surface area (Å²) < 4.78 is 0. The lowest BCUT2D eigenvalue weighted by molar-refractivity contribution is -0.122. The average molecular weight is 443 g/mol. The van der Waals surface area contributed by atoms with Gasteiger partial charge in [0.2, 0.25) is 0 Å². The van der Waals surface area contributed by atoms with Crippen molar-refractivity contribution >= 4 is 12.5 Å². The van der Waals surface area contributed by atoms with E-state index < -0.39 is 6.10 Å². The average Bonchev–Trinajstić information content (AvgIpc) is 2.80. The number of benzene rings is 2. The van der Waals surface area contributed by atoms with Gasteiger partial charge in [-0.05, 0) is 18.1 Å². The van der Waals surface area contributed by atoms with Crippen LogP contribution in [0.4, 0.5) is 4.79 Å². The fourth-order valence-electron chi connectivity index (χ4n) is 3.50. The highest BCUT2D eigenvalue weighted by Crippen LogP contribution is 2.12. The molecule has 8 heteroatoms. The first-order valence-corrected chi connectivity index (χ1v) is 10.8. The summed E-state index contributed by atoms with van der Waals surface area (Å²) in [7, 11) is 0. The number of hydrogen-bond acceptors (Lipinski definition) is 5. The molecule has 8 nitrogen and oxygen atoms in total. The molecule has 0 saturated carbocycles. The van der Waals surface area contributed by atoms with E-state index in [0.29, 0.717) is 6.54 Å². The third-order valence-corrected chi connectivity index (χ3v) is 5.35. The van der Waals surface area contributed by atoms with Gasteiger partial charge in [-0.15, -0.1) is 0 Å². The first-order valence-electron chi connectivity index (χ1n) is 10.8. The minimum absolute atomic E-state index is 0.201. The highest BCUT2D eigenvalue weighted by Gasteiger charge is 2.17. The Hall–Kier alpha value is -2.94. The van der Waals surface area contributed by atoms with E-state index in [1.54, 1.807) is 0 Å². The van der Waals surface area contributed by atoms with Gasteiger partial charge < -0.3 is 20.8 Å². The van der Waals surface area contributed by atoms with E-state index >= 15 is 0 Å². The van der Waals surface area contributed by atoms with E-state index in [1.165, 1.54) is 5.56 Å². The molecule has 4 N–H and O–H groups in total. The Morgan fingerprint density at radius 2 is 1.59 bits per heavy atom. The number of carboxylic acid groups (broad SMARTS) is 1. The Balaban J connectivity index is 0.00000114. The fraction of sp³-hybridized carbons (Fsp3) is 0.417. The molecule has 1 saturated heterocycles. The molecule has 0 radical (unpaired) electrons. The number of carbonyl (C=O) groups excluding carboxylic acids is 1. The summed E-state index contributed by atoms with van der Waals surface area (Å²) >= 11 is 0. The predicted molar refractivity (Wildman–Crippen MR) is 124 cm³/mol. The molecule has 174 valence electrons. The summed E-state index contributed by atoms with van der Waals surface area (Å²) in [4.78, 5) is 25.2. The molecule has 2 aromatic carbocycles. The fourth-order valence-corrected chi connectivity index (χ4v) is 3.50. The Bertz CT molecular complexity index is 793. The molecule has 1 atom stereocenters. The van der Waals surface area contributed by atoms with Gasteiger partial charge >= 0.3 is 6.03 Å². The van der Waals surface area contributed by atoms with Crippen molar-refractivity contribution < 1.29 is 19.8 Å². The number of aryl methyl sites for hydroxylation is 1. The maximum atomic E-state index is 12.0. The van der Waals surface area contributed by atoms with Gasteiger partial charge in [-0.3, -0.25) is 14.6 Å². The molecule has 0 aliphatic carbocycles. The van der Waals surface area contributed by atoms with Crippen LogP contribution in [0.5, 0.6) is 0 Å². The number of aliphatic hydroxyl groups is 1. The van der Waals surface area contributed by atoms with Gasteiger partial charge in [-0.1, -0.05) is 60.2 Å². The second-order valence-corrected chi connectivity index (χ2v) is 7.77. The van der Waals surface area contributed by atoms with Crippen LogP contribution in [0.3, 0.4) is 0 Å². The first kappa shape index (κ1) is 25.3. The molecular weight excluding hydrogens is 408 g/mol. The third kappa shape index (κ3) is 9.47. The molecule has 1 aliphatic heterocycles. The van der Waals surface area contributed by atoms with Crippen molar-refractivity contribution in [3.05, 3.63) is 71.3 Å². The van der Waals surface area contributed by atoms with Crippen molar-refractivity contribution in [2.75, 3.05) is 45.8 Å². The number of amides is 2. The van der Waals surface area contributed by atoms with Gasteiger partial charge in [0.25, 0.3) is 6.47 Å². The molecule has 2 amide bonds. The first-order chi connectivity index (χ1) is 15.5. The van der Waals surface area contributed by atoms with Crippen molar-refractivity contribution in [3.63, 3.8) is 0 Å². The summed E-state index contributed by atoms with van der Waals surface area (Å²) in [5, 5.41) is 22.7. The largest absolute Gasteiger partial charge is 0.483 e. The van der Waals surface area contributed by atoms with E-state index in [1.807, 2.05) is 37.3 Å². The zero-order chi connectivity index (χ0) is 23.2. The maximum Gasteiger partial charge on any atom is 0.314 e. The predicted octanol–water partition coefficient (Wildman–Crippen LogP) is 1.85. The highest BCUT2D eigenvalue weighted by molar-refractivity contribution is 5.73. The second kappa shape index (κ2) is 14.2. The van der Waals surface area contributed by atoms with E-state index in [9.17, 15) is 9.90 Å². The summed E-state index contributed by atoms with van der Waals surface area (Å²) in [5.74, 6) is 0. The van der Waals surface area contributed by atoms with Crippen molar-refractivity contribution in [1.82, 2.24) is 20.4 Å². The van der Waals surface area contributed by atoms with Crippen LogP contribution < -0.4 is 10.6 Å². The topological polar surface area (TPSA) is 105 Å². The number of aliphatic hydroxyl groups excluding tert-OH is 1. The lowest BCUT2D eigenvalue weighted by Crippen LogP contribution is -2.48. The minimum Gasteiger partial charge on any atom is -0.483 e. The van der Waals surface area contributed by atoms with Crippen LogP contribution in [0, 0.1) is 6.92 Å². The molecule has 1 unspecified atom stereocenters. The van der Waals surface area contributed by atoms with Crippen LogP contribution in [0.15, 0.2) is 54.6 Å².